The second-order valence-corrected chi connectivity index (χ2v) is 11.8. The number of hydrogen-bond donors (Lipinski definition) is 2. The van der Waals surface area contributed by atoms with Crippen LogP contribution in [0, 0.1) is 5.82 Å². The van der Waals surface area contributed by atoms with Crippen molar-refractivity contribution in [3.8, 4) is 45.1 Å². The summed E-state index contributed by atoms with van der Waals surface area (Å²) in [6.07, 6.45) is 7.92. The summed E-state index contributed by atoms with van der Waals surface area (Å²) in [5.41, 5.74) is 6.71. The van der Waals surface area contributed by atoms with E-state index in [2.05, 4.69) is 42.2 Å². The van der Waals surface area contributed by atoms with Gasteiger partial charge in [0.15, 0.2) is 5.65 Å². The minimum Gasteiger partial charge on any atom is -0.492 e. The zero-order valence-corrected chi connectivity index (χ0v) is 25.5. The maximum absolute atomic E-state index is 14.7. The molecule has 0 atom stereocenters. The largest absolute Gasteiger partial charge is 0.492 e. The summed E-state index contributed by atoms with van der Waals surface area (Å²) in [5, 5.41) is 9.49. The van der Waals surface area contributed by atoms with Crippen molar-refractivity contribution < 1.29 is 13.9 Å². The van der Waals surface area contributed by atoms with Gasteiger partial charge in [0.05, 0.1) is 17.6 Å². The second-order valence-electron chi connectivity index (χ2n) is 11.8. The lowest BCUT2D eigenvalue weighted by Gasteiger charge is -2.15. The summed E-state index contributed by atoms with van der Waals surface area (Å²) >= 11 is 0. The van der Waals surface area contributed by atoms with E-state index in [0.29, 0.717) is 24.6 Å². The van der Waals surface area contributed by atoms with Crippen molar-refractivity contribution in [2.45, 2.75) is 12.8 Å². The number of ether oxygens (including phenoxy) is 2. The zero-order valence-electron chi connectivity index (χ0n) is 25.5. The number of aromatic amines is 2. The SMILES string of the molecule is CN(C)CCOc1cc(F)cc(-c2cccc3[nH]c(-c4[nH]nc5ncc(-c6cncc(OCCN7CCCC7)c6)cc45)cc23)c1. The Morgan fingerprint density at radius 1 is 0.867 bits per heavy atom. The third-order valence-corrected chi connectivity index (χ3v) is 8.25. The van der Waals surface area contributed by atoms with Gasteiger partial charge in [-0.1, -0.05) is 12.1 Å². The summed E-state index contributed by atoms with van der Waals surface area (Å²) in [6, 6.07) is 17.0. The lowest BCUT2D eigenvalue weighted by atomic mass is 10.0. The number of nitrogens with one attached hydrogen (secondary N) is 2. The number of aromatic nitrogens is 5. The number of H-pyrrole nitrogens is 2. The maximum Gasteiger partial charge on any atom is 0.181 e. The fourth-order valence-corrected chi connectivity index (χ4v) is 5.91. The molecule has 0 bridgehead atoms. The molecule has 0 aliphatic carbocycles. The minimum atomic E-state index is -0.339. The first-order valence-corrected chi connectivity index (χ1v) is 15.4. The Bertz CT molecular complexity index is 1940. The Balaban J connectivity index is 1.17. The number of rotatable bonds is 11. The Kier molecular flexibility index (Phi) is 8.15. The van der Waals surface area contributed by atoms with Crippen LogP contribution in [0.5, 0.6) is 11.5 Å². The number of fused-ring (bicyclic) bond motifs is 2. The van der Waals surface area contributed by atoms with Crippen molar-refractivity contribution in [1.29, 1.82) is 0 Å². The number of nitrogens with zero attached hydrogens (tertiary/aromatic N) is 5. The number of hydrogen-bond acceptors (Lipinski definition) is 7. The van der Waals surface area contributed by atoms with Crippen molar-refractivity contribution in [3.63, 3.8) is 0 Å². The van der Waals surface area contributed by atoms with Gasteiger partial charge in [0.25, 0.3) is 0 Å². The van der Waals surface area contributed by atoms with Crippen molar-refractivity contribution in [1.82, 2.24) is 34.9 Å². The highest BCUT2D eigenvalue weighted by Crippen LogP contribution is 2.36. The van der Waals surface area contributed by atoms with Gasteiger partial charge in [-0.2, -0.15) is 5.10 Å². The lowest BCUT2D eigenvalue weighted by molar-refractivity contribution is 0.237. The van der Waals surface area contributed by atoms with Gasteiger partial charge >= 0.3 is 0 Å². The average molecular weight is 606 g/mol. The van der Waals surface area contributed by atoms with E-state index in [-0.39, 0.29) is 5.82 Å². The molecule has 1 aliphatic heterocycles. The molecule has 6 aromatic rings. The smallest absolute Gasteiger partial charge is 0.181 e. The maximum atomic E-state index is 14.7. The van der Waals surface area contributed by atoms with Crippen molar-refractivity contribution in [2.24, 2.45) is 0 Å². The van der Waals surface area contributed by atoms with Gasteiger partial charge < -0.3 is 19.4 Å². The normalized spacial score (nSPS) is 13.8. The van der Waals surface area contributed by atoms with Crippen LogP contribution in [0.15, 0.2) is 73.2 Å². The molecule has 230 valence electrons. The van der Waals surface area contributed by atoms with E-state index in [9.17, 15) is 4.39 Å². The van der Waals surface area contributed by atoms with Crippen LogP contribution in [0.2, 0.25) is 0 Å². The molecule has 10 heteroatoms. The average Bonchev–Trinajstić information content (AvgIpc) is 3.80. The van der Waals surface area contributed by atoms with Gasteiger partial charge in [0.1, 0.15) is 30.5 Å². The number of likely N-dealkylation sites (tertiary alicyclic amines) is 1. The number of halogens is 1. The van der Waals surface area contributed by atoms with Crippen LogP contribution < -0.4 is 9.47 Å². The molecule has 0 radical (unpaired) electrons. The molecule has 2 aromatic carbocycles. The van der Waals surface area contributed by atoms with E-state index < -0.39 is 0 Å². The molecule has 0 amide bonds. The molecule has 1 saturated heterocycles. The Hall–Kier alpha value is -4.80. The molecule has 0 saturated carbocycles. The predicted octanol–water partition coefficient (Wildman–Crippen LogP) is 6.39. The number of pyridine rings is 2. The van der Waals surface area contributed by atoms with Crippen LogP contribution in [-0.2, 0) is 0 Å². The van der Waals surface area contributed by atoms with Crippen LogP contribution in [0.1, 0.15) is 12.8 Å². The van der Waals surface area contributed by atoms with Crippen LogP contribution in [0.25, 0.3) is 55.6 Å². The van der Waals surface area contributed by atoms with Crippen LogP contribution in [0.4, 0.5) is 4.39 Å². The van der Waals surface area contributed by atoms with Crippen molar-refractivity contribution >= 4 is 21.9 Å². The summed E-state index contributed by atoms with van der Waals surface area (Å²) in [6.45, 7) is 5.08. The summed E-state index contributed by atoms with van der Waals surface area (Å²) < 4.78 is 26.6. The van der Waals surface area contributed by atoms with E-state index in [4.69, 9.17) is 9.47 Å². The third kappa shape index (κ3) is 6.38. The van der Waals surface area contributed by atoms with Crippen molar-refractivity contribution in [3.05, 3.63) is 79.0 Å². The minimum absolute atomic E-state index is 0.339. The van der Waals surface area contributed by atoms with Crippen LogP contribution in [0.3, 0.4) is 0 Å². The topological polar surface area (TPSA) is 95.2 Å². The Labute approximate surface area is 261 Å². The molecule has 5 heterocycles. The number of benzene rings is 2. The van der Waals surface area contributed by atoms with Gasteiger partial charge in [-0.25, -0.2) is 9.37 Å². The van der Waals surface area contributed by atoms with Gasteiger partial charge in [0, 0.05) is 59.0 Å². The third-order valence-electron chi connectivity index (χ3n) is 8.25. The van der Waals surface area contributed by atoms with Gasteiger partial charge in [-0.3, -0.25) is 15.0 Å². The highest BCUT2D eigenvalue weighted by Gasteiger charge is 2.16. The second kappa shape index (κ2) is 12.7. The monoisotopic (exact) mass is 605 g/mol. The molecule has 2 N–H and O–H groups in total. The first-order chi connectivity index (χ1) is 22.0. The first-order valence-electron chi connectivity index (χ1n) is 15.4. The molecule has 7 rings (SSSR count). The van der Waals surface area contributed by atoms with Gasteiger partial charge in [0.2, 0.25) is 0 Å². The fourth-order valence-electron chi connectivity index (χ4n) is 5.91. The molecular formula is C35H36FN7O2. The zero-order chi connectivity index (χ0) is 30.8. The van der Waals surface area contributed by atoms with E-state index in [1.807, 2.05) is 61.7 Å². The molecule has 0 unspecified atom stereocenters. The summed E-state index contributed by atoms with van der Waals surface area (Å²) in [4.78, 5) is 17.0. The van der Waals surface area contributed by atoms with Gasteiger partial charge in [-0.05, 0) is 87.6 Å². The molecule has 9 nitrogen and oxygen atoms in total. The standard InChI is InChI=1S/C35H36FN7O2/c1-42(2)10-12-44-27-15-23(14-26(36)18-27)29-6-5-7-32-30(29)19-33(39-32)34-31-17-25(21-38-35(31)41-40-34)24-16-28(22-37-20-24)45-13-11-43-8-3-4-9-43/h5-7,14-22,39H,3-4,8-13H2,1-2H3,(H,38,40,41). The molecule has 45 heavy (non-hydrogen) atoms. The van der Waals surface area contributed by atoms with Crippen LogP contribution >= 0.6 is 0 Å². The first kappa shape index (κ1) is 28.9. The molecule has 0 spiro atoms. The summed E-state index contributed by atoms with van der Waals surface area (Å²) in [5.74, 6) is 0.910. The molecule has 1 fully saturated rings. The Morgan fingerprint density at radius 2 is 1.69 bits per heavy atom. The Morgan fingerprint density at radius 3 is 2.56 bits per heavy atom. The van der Waals surface area contributed by atoms with E-state index in [1.165, 1.54) is 18.9 Å². The summed E-state index contributed by atoms with van der Waals surface area (Å²) in [7, 11) is 3.96. The predicted molar refractivity (Wildman–Crippen MR) is 175 cm³/mol. The lowest BCUT2D eigenvalue weighted by Crippen LogP contribution is -2.25. The fraction of sp³-hybridized carbons (Fsp3) is 0.286. The van der Waals surface area contributed by atoms with E-state index in [0.717, 1.165) is 81.9 Å². The number of likely N-dealkylation sites (N-methyl/N-ethyl adjacent to an activating group) is 1. The highest BCUT2D eigenvalue weighted by atomic mass is 19.1. The quantitative estimate of drug-likeness (QED) is 0.177. The van der Waals surface area contributed by atoms with Gasteiger partial charge in [-0.15, -0.1) is 0 Å². The molecule has 4 aromatic heterocycles. The molecular weight excluding hydrogens is 569 g/mol. The van der Waals surface area contributed by atoms with Crippen molar-refractivity contribution in [2.75, 3.05) is 53.5 Å². The van der Waals surface area contributed by atoms with E-state index >= 15 is 0 Å². The highest BCUT2D eigenvalue weighted by molar-refractivity contribution is 6.01. The van der Waals surface area contributed by atoms with Crippen LogP contribution in [-0.4, -0.2) is 88.4 Å². The molecule has 1 aliphatic rings. The van der Waals surface area contributed by atoms with E-state index in [1.54, 1.807) is 12.3 Å².